The highest BCUT2D eigenvalue weighted by molar-refractivity contribution is 7.82. The SMILES string of the molecule is C[C@H](NC(=O)CCN1C(=O)C=CC1=O)C(=O)N[C@@H](C)CNc1ccc(COC(=O)C(C)(C)S)cc1. The highest BCUT2D eigenvalue weighted by atomic mass is 32.1. The number of carbonyl (C=O) groups excluding carboxylic acids is 5. The van der Waals surface area contributed by atoms with Gasteiger partial charge in [0.05, 0.1) is 0 Å². The van der Waals surface area contributed by atoms with E-state index in [4.69, 9.17) is 4.74 Å². The van der Waals surface area contributed by atoms with Crippen LogP contribution in [-0.4, -0.2) is 64.4 Å². The average molecular weight is 505 g/mol. The van der Waals surface area contributed by atoms with Crippen LogP contribution in [0.1, 0.15) is 39.7 Å². The van der Waals surface area contributed by atoms with Crippen molar-refractivity contribution in [3.63, 3.8) is 0 Å². The molecule has 0 unspecified atom stereocenters. The van der Waals surface area contributed by atoms with Crippen LogP contribution in [0.4, 0.5) is 5.69 Å². The fraction of sp³-hybridized carbons (Fsp3) is 0.458. The number of esters is 1. The van der Waals surface area contributed by atoms with Gasteiger partial charge in [0.2, 0.25) is 11.8 Å². The Bertz CT molecular complexity index is 969. The Kier molecular flexibility index (Phi) is 9.88. The highest BCUT2D eigenvalue weighted by Gasteiger charge is 2.25. The molecule has 4 amide bonds. The Balaban J connectivity index is 1.69. The second-order valence-corrected chi connectivity index (χ2v) is 9.94. The first-order valence-electron chi connectivity index (χ1n) is 11.2. The van der Waals surface area contributed by atoms with E-state index < -0.39 is 34.5 Å². The molecule has 0 bridgehead atoms. The second-order valence-electron chi connectivity index (χ2n) is 8.82. The van der Waals surface area contributed by atoms with Gasteiger partial charge in [0.25, 0.3) is 11.8 Å². The number of benzene rings is 1. The maximum atomic E-state index is 12.4. The minimum Gasteiger partial charge on any atom is -0.460 e. The summed E-state index contributed by atoms with van der Waals surface area (Å²) in [6.07, 6.45) is 2.22. The summed E-state index contributed by atoms with van der Waals surface area (Å²) >= 11 is 4.18. The summed E-state index contributed by atoms with van der Waals surface area (Å²) in [6, 6.07) is 6.35. The number of hydrogen-bond acceptors (Lipinski definition) is 8. The van der Waals surface area contributed by atoms with E-state index in [2.05, 4.69) is 28.6 Å². The fourth-order valence-corrected chi connectivity index (χ4v) is 3.04. The summed E-state index contributed by atoms with van der Waals surface area (Å²) in [4.78, 5) is 60.2. The molecule has 0 saturated carbocycles. The van der Waals surface area contributed by atoms with Gasteiger partial charge in [0, 0.05) is 43.4 Å². The molecule has 1 aromatic rings. The van der Waals surface area contributed by atoms with Gasteiger partial charge >= 0.3 is 5.97 Å². The third-order valence-corrected chi connectivity index (χ3v) is 5.24. The number of imide groups is 1. The van der Waals surface area contributed by atoms with Crippen molar-refractivity contribution in [1.82, 2.24) is 15.5 Å². The lowest BCUT2D eigenvalue weighted by Gasteiger charge is -2.20. The molecule has 3 N–H and O–H groups in total. The predicted molar refractivity (Wildman–Crippen MR) is 133 cm³/mol. The van der Waals surface area contributed by atoms with Gasteiger partial charge in [0.15, 0.2) is 0 Å². The monoisotopic (exact) mass is 504 g/mol. The van der Waals surface area contributed by atoms with Crippen molar-refractivity contribution in [2.75, 3.05) is 18.4 Å². The lowest BCUT2D eigenvalue weighted by Crippen LogP contribution is -2.49. The molecule has 0 spiro atoms. The van der Waals surface area contributed by atoms with Crippen LogP contribution < -0.4 is 16.0 Å². The van der Waals surface area contributed by atoms with Gasteiger partial charge in [-0.3, -0.25) is 28.9 Å². The van der Waals surface area contributed by atoms with Crippen LogP contribution in [0.15, 0.2) is 36.4 Å². The van der Waals surface area contributed by atoms with Gasteiger partial charge < -0.3 is 20.7 Å². The third-order valence-electron chi connectivity index (χ3n) is 5.06. The number of nitrogens with one attached hydrogen (secondary N) is 3. The molecule has 1 aliphatic heterocycles. The Morgan fingerprint density at radius 1 is 1.03 bits per heavy atom. The molecule has 0 fully saturated rings. The standard InChI is InChI=1S/C24H32N4O6S/c1-15(13-25-18-7-5-17(6-8-18)14-34-23(33)24(3,4)35)26-22(32)16(2)27-19(29)11-12-28-20(30)9-10-21(28)31/h5-10,15-16,25,35H,11-14H2,1-4H3,(H,26,32)(H,27,29)/t15-,16-/m0/s1. The molecule has 11 heteroatoms. The lowest BCUT2D eigenvalue weighted by atomic mass is 10.2. The zero-order valence-electron chi connectivity index (χ0n) is 20.3. The van der Waals surface area contributed by atoms with E-state index in [9.17, 15) is 24.0 Å². The summed E-state index contributed by atoms with van der Waals surface area (Å²) in [5, 5.41) is 8.59. The third kappa shape index (κ3) is 9.08. The number of nitrogens with zero attached hydrogens (tertiary/aromatic N) is 1. The van der Waals surface area contributed by atoms with Crippen molar-refractivity contribution in [2.24, 2.45) is 0 Å². The number of amides is 4. The molecule has 1 aliphatic rings. The van der Waals surface area contributed by atoms with Gasteiger partial charge in [-0.25, -0.2) is 0 Å². The van der Waals surface area contributed by atoms with Crippen LogP contribution >= 0.6 is 12.6 Å². The number of anilines is 1. The molecular weight excluding hydrogens is 472 g/mol. The van der Waals surface area contributed by atoms with E-state index in [0.29, 0.717) is 6.54 Å². The van der Waals surface area contributed by atoms with Crippen molar-refractivity contribution < 1.29 is 28.7 Å². The Labute approximate surface area is 210 Å². The van der Waals surface area contributed by atoms with Gasteiger partial charge in [-0.15, -0.1) is 0 Å². The largest absolute Gasteiger partial charge is 0.460 e. The van der Waals surface area contributed by atoms with E-state index in [1.165, 1.54) is 0 Å². The predicted octanol–water partition coefficient (Wildman–Crippen LogP) is 1.17. The summed E-state index contributed by atoms with van der Waals surface area (Å²) in [6.45, 7) is 7.27. The quantitative estimate of drug-likeness (QED) is 0.191. The topological polar surface area (TPSA) is 134 Å². The molecular formula is C24H32N4O6S. The Hall–Kier alpha value is -3.34. The van der Waals surface area contributed by atoms with E-state index in [1.54, 1.807) is 20.8 Å². The second kappa shape index (κ2) is 12.4. The van der Waals surface area contributed by atoms with E-state index in [-0.39, 0.29) is 31.5 Å². The van der Waals surface area contributed by atoms with Crippen molar-refractivity contribution in [1.29, 1.82) is 0 Å². The molecule has 0 aliphatic carbocycles. The van der Waals surface area contributed by atoms with Gasteiger partial charge in [-0.1, -0.05) is 12.1 Å². The van der Waals surface area contributed by atoms with Gasteiger partial charge in [-0.2, -0.15) is 12.6 Å². The highest BCUT2D eigenvalue weighted by Crippen LogP contribution is 2.16. The zero-order valence-corrected chi connectivity index (χ0v) is 21.2. The molecule has 0 radical (unpaired) electrons. The summed E-state index contributed by atoms with van der Waals surface area (Å²) in [7, 11) is 0. The smallest absolute Gasteiger partial charge is 0.321 e. The summed E-state index contributed by atoms with van der Waals surface area (Å²) in [5.74, 6) is -2.09. The van der Waals surface area contributed by atoms with E-state index in [0.717, 1.165) is 28.3 Å². The molecule has 0 saturated heterocycles. The Morgan fingerprint density at radius 3 is 2.20 bits per heavy atom. The van der Waals surface area contributed by atoms with E-state index >= 15 is 0 Å². The molecule has 2 atom stereocenters. The van der Waals surface area contributed by atoms with Gasteiger partial charge in [0.1, 0.15) is 17.4 Å². The van der Waals surface area contributed by atoms with Crippen molar-refractivity contribution >= 4 is 47.9 Å². The molecule has 1 heterocycles. The van der Waals surface area contributed by atoms with Crippen molar-refractivity contribution in [2.45, 2.75) is 57.6 Å². The molecule has 0 aromatic heterocycles. The number of hydrogen-bond donors (Lipinski definition) is 4. The Morgan fingerprint density at radius 2 is 1.63 bits per heavy atom. The number of thiol groups is 1. The van der Waals surface area contributed by atoms with E-state index in [1.807, 2.05) is 31.2 Å². The first-order chi connectivity index (χ1) is 16.4. The molecule has 1 aromatic carbocycles. The molecule has 10 nitrogen and oxygen atoms in total. The van der Waals surface area contributed by atoms with Crippen molar-refractivity contribution in [3.8, 4) is 0 Å². The van der Waals surface area contributed by atoms with Crippen LogP contribution in [0.25, 0.3) is 0 Å². The minimum atomic E-state index is -0.853. The van der Waals surface area contributed by atoms with Crippen LogP contribution in [0.5, 0.6) is 0 Å². The average Bonchev–Trinajstić information content (AvgIpc) is 3.11. The number of carbonyl (C=O) groups is 5. The van der Waals surface area contributed by atoms with Crippen LogP contribution in [0.2, 0.25) is 0 Å². The maximum absolute atomic E-state index is 12.4. The van der Waals surface area contributed by atoms with Crippen molar-refractivity contribution in [3.05, 3.63) is 42.0 Å². The molecule has 2 rings (SSSR count). The molecule has 35 heavy (non-hydrogen) atoms. The molecule has 190 valence electrons. The van der Waals surface area contributed by atoms with Crippen LogP contribution in [-0.2, 0) is 35.3 Å². The summed E-state index contributed by atoms with van der Waals surface area (Å²) < 4.78 is 4.37. The fourth-order valence-electron chi connectivity index (χ4n) is 2.98. The number of ether oxygens (including phenoxy) is 1. The first-order valence-corrected chi connectivity index (χ1v) is 11.7. The maximum Gasteiger partial charge on any atom is 0.321 e. The zero-order chi connectivity index (χ0) is 26.2. The minimum absolute atomic E-state index is 0.0421. The normalized spacial score (nSPS) is 14.9. The number of rotatable bonds is 12. The summed E-state index contributed by atoms with van der Waals surface area (Å²) in [5.41, 5.74) is 1.67. The van der Waals surface area contributed by atoms with Crippen LogP contribution in [0.3, 0.4) is 0 Å². The first kappa shape index (κ1) is 27.9. The van der Waals surface area contributed by atoms with Crippen LogP contribution in [0, 0.1) is 0 Å². The van der Waals surface area contributed by atoms with Gasteiger partial charge in [-0.05, 0) is 45.4 Å². The lowest BCUT2D eigenvalue weighted by molar-refractivity contribution is -0.147.